The highest BCUT2D eigenvalue weighted by atomic mass is 32.2. The van der Waals surface area contributed by atoms with Crippen molar-refractivity contribution in [2.24, 2.45) is 5.92 Å². The number of carbonyl (C=O) groups excluding carboxylic acids is 1. The van der Waals surface area contributed by atoms with Crippen molar-refractivity contribution in [1.29, 1.82) is 0 Å². The van der Waals surface area contributed by atoms with Gasteiger partial charge in [0.1, 0.15) is 5.75 Å². The summed E-state index contributed by atoms with van der Waals surface area (Å²) < 4.78 is 30.7. The number of nitrogens with one attached hydrogen (secondary N) is 1. The number of rotatable bonds is 6. The van der Waals surface area contributed by atoms with Gasteiger partial charge in [-0.05, 0) is 30.5 Å². The molecule has 2 heterocycles. The van der Waals surface area contributed by atoms with Crippen LogP contribution in [0.1, 0.15) is 20.3 Å². The normalized spacial score (nSPS) is 19.4. The first-order valence-electron chi connectivity index (χ1n) is 8.54. The number of amides is 1. The van der Waals surface area contributed by atoms with Gasteiger partial charge in [0.25, 0.3) is 5.91 Å². The zero-order valence-electron chi connectivity index (χ0n) is 14.6. The van der Waals surface area contributed by atoms with Gasteiger partial charge in [-0.15, -0.1) is 0 Å². The second-order valence-corrected chi connectivity index (χ2v) is 9.24. The molecule has 0 bridgehead atoms. The Balaban J connectivity index is 1.63. The Labute approximate surface area is 148 Å². The van der Waals surface area contributed by atoms with Crippen LogP contribution in [0.5, 0.6) is 5.75 Å². The van der Waals surface area contributed by atoms with Crippen LogP contribution in [-0.2, 0) is 21.2 Å². The third-order valence-electron chi connectivity index (χ3n) is 4.29. The summed E-state index contributed by atoms with van der Waals surface area (Å²) in [5.41, 5.74) is 1.08. The maximum absolute atomic E-state index is 12.0. The van der Waals surface area contributed by atoms with Gasteiger partial charge in [-0.3, -0.25) is 4.79 Å². The Morgan fingerprint density at radius 3 is 2.84 bits per heavy atom. The molecule has 1 aliphatic heterocycles. The monoisotopic (exact) mass is 364 g/mol. The van der Waals surface area contributed by atoms with Crippen molar-refractivity contribution in [2.75, 3.05) is 18.1 Å². The van der Waals surface area contributed by atoms with Crippen LogP contribution in [0, 0.1) is 5.92 Å². The number of nitrogens with zero attached hydrogens (tertiary/aromatic N) is 1. The topological polar surface area (TPSA) is 77.4 Å². The first kappa shape index (κ1) is 17.8. The zero-order valence-corrected chi connectivity index (χ0v) is 15.4. The fourth-order valence-electron chi connectivity index (χ4n) is 3.20. The van der Waals surface area contributed by atoms with E-state index in [-0.39, 0.29) is 30.1 Å². The molecule has 6 nitrogen and oxygen atoms in total. The lowest BCUT2D eigenvalue weighted by Gasteiger charge is -2.13. The summed E-state index contributed by atoms with van der Waals surface area (Å²) in [6, 6.07) is 7.48. The third kappa shape index (κ3) is 4.34. The van der Waals surface area contributed by atoms with Gasteiger partial charge in [-0.25, -0.2) is 8.42 Å². The lowest BCUT2D eigenvalue weighted by Crippen LogP contribution is -2.38. The number of hydrogen-bond acceptors (Lipinski definition) is 4. The van der Waals surface area contributed by atoms with Crippen LogP contribution in [0.15, 0.2) is 30.5 Å². The molecule has 0 radical (unpaired) electrons. The number of aromatic nitrogens is 1. The van der Waals surface area contributed by atoms with Crippen molar-refractivity contribution in [3.8, 4) is 5.75 Å². The van der Waals surface area contributed by atoms with E-state index in [1.165, 1.54) is 0 Å². The van der Waals surface area contributed by atoms with Crippen molar-refractivity contribution in [3.05, 3.63) is 30.5 Å². The molecule has 3 rings (SSSR count). The molecule has 1 aromatic heterocycles. The first-order chi connectivity index (χ1) is 11.8. The average Bonchev–Trinajstić information content (AvgIpc) is 3.08. The van der Waals surface area contributed by atoms with Crippen LogP contribution >= 0.6 is 0 Å². The Morgan fingerprint density at radius 1 is 1.36 bits per heavy atom. The maximum Gasteiger partial charge on any atom is 0.258 e. The van der Waals surface area contributed by atoms with E-state index >= 15 is 0 Å². The molecule has 1 unspecified atom stereocenters. The number of fused-ring (bicyclic) bond motifs is 1. The van der Waals surface area contributed by atoms with E-state index in [0.29, 0.717) is 18.1 Å². The van der Waals surface area contributed by atoms with Crippen LogP contribution in [0.4, 0.5) is 0 Å². The zero-order chi connectivity index (χ0) is 18.0. The molecule has 1 saturated heterocycles. The van der Waals surface area contributed by atoms with Crippen LogP contribution in [0.2, 0.25) is 0 Å². The maximum atomic E-state index is 12.0. The summed E-state index contributed by atoms with van der Waals surface area (Å²) in [6.07, 6.45) is 2.50. The Bertz CT molecular complexity index is 870. The molecule has 1 atom stereocenters. The number of benzene rings is 1. The lowest BCUT2D eigenvalue weighted by atomic mass is 10.2. The second kappa shape index (κ2) is 7.07. The molecule has 7 heteroatoms. The van der Waals surface area contributed by atoms with Gasteiger partial charge in [-0.1, -0.05) is 19.9 Å². The smallest absolute Gasteiger partial charge is 0.258 e. The Morgan fingerprint density at radius 2 is 2.16 bits per heavy atom. The summed E-state index contributed by atoms with van der Waals surface area (Å²) in [5.74, 6) is 1.07. The number of ether oxygens (including phenoxy) is 1. The molecule has 2 aromatic rings. The summed E-state index contributed by atoms with van der Waals surface area (Å²) in [5, 5.41) is 3.71. The quantitative estimate of drug-likeness (QED) is 0.850. The lowest BCUT2D eigenvalue weighted by molar-refractivity contribution is -0.123. The standard InChI is InChI=1S/C18H24N2O4S/c1-13(2)10-20-8-6-15-16(20)4-3-5-17(15)24-11-18(21)19-14-7-9-25(22,23)12-14/h3-6,8,13-14H,7,9-12H2,1-2H3,(H,19,21). The fourth-order valence-corrected chi connectivity index (χ4v) is 4.87. The molecule has 1 amide bonds. The van der Waals surface area contributed by atoms with E-state index in [2.05, 4.69) is 23.7 Å². The van der Waals surface area contributed by atoms with E-state index in [1.54, 1.807) is 0 Å². The predicted octanol–water partition coefficient (Wildman–Crippen LogP) is 1.98. The Hall–Kier alpha value is -2.02. The van der Waals surface area contributed by atoms with Crippen LogP contribution in [-0.4, -0.2) is 43.0 Å². The molecular formula is C18H24N2O4S. The van der Waals surface area contributed by atoms with Crippen molar-refractivity contribution >= 4 is 26.6 Å². The number of hydrogen-bond donors (Lipinski definition) is 1. The molecule has 25 heavy (non-hydrogen) atoms. The van der Waals surface area contributed by atoms with E-state index < -0.39 is 9.84 Å². The van der Waals surface area contributed by atoms with E-state index in [9.17, 15) is 13.2 Å². The first-order valence-corrected chi connectivity index (χ1v) is 10.4. The van der Waals surface area contributed by atoms with Gasteiger partial charge in [0, 0.05) is 24.2 Å². The molecule has 1 aliphatic rings. The minimum atomic E-state index is -3.00. The largest absolute Gasteiger partial charge is 0.483 e. The number of carbonyl (C=O) groups is 1. The third-order valence-corrected chi connectivity index (χ3v) is 6.06. The average molecular weight is 364 g/mol. The summed E-state index contributed by atoms with van der Waals surface area (Å²) in [6.45, 7) is 5.13. The van der Waals surface area contributed by atoms with Crippen LogP contribution in [0.25, 0.3) is 10.9 Å². The number of sulfone groups is 1. The van der Waals surface area contributed by atoms with Crippen molar-refractivity contribution < 1.29 is 17.9 Å². The van der Waals surface area contributed by atoms with Crippen LogP contribution < -0.4 is 10.1 Å². The highest BCUT2D eigenvalue weighted by Crippen LogP contribution is 2.27. The molecule has 0 aliphatic carbocycles. The van der Waals surface area contributed by atoms with Gasteiger partial charge < -0.3 is 14.6 Å². The molecule has 0 spiro atoms. The van der Waals surface area contributed by atoms with E-state index in [1.807, 2.05) is 30.5 Å². The second-order valence-electron chi connectivity index (χ2n) is 7.01. The van der Waals surface area contributed by atoms with E-state index in [4.69, 9.17) is 4.74 Å². The molecular weight excluding hydrogens is 340 g/mol. The highest BCUT2D eigenvalue weighted by molar-refractivity contribution is 7.91. The molecule has 1 fully saturated rings. The fraction of sp³-hybridized carbons (Fsp3) is 0.500. The molecule has 0 saturated carbocycles. The van der Waals surface area contributed by atoms with Gasteiger partial charge in [0.05, 0.1) is 17.0 Å². The summed E-state index contributed by atoms with van der Waals surface area (Å²) >= 11 is 0. The van der Waals surface area contributed by atoms with Gasteiger partial charge in [0.15, 0.2) is 16.4 Å². The highest BCUT2D eigenvalue weighted by Gasteiger charge is 2.28. The molecule has 1 aromatic carbocycles. The van der Waals surface area contributed by atoms with Gasteiger partial charge >= 0.3 is 0 Å². The Kier molecular flexibility index (Phi) is 5.03. The minimum Gasteiger partial charge on any atom is -0.483 e. The van der Waals surface area contributed by atoms with Crippen molar-refractivity contribution in [1.82, 2.24) is 9.88 Å². The van der Waals surface area contributed by atoms with Gasteiger partial charge in [-0.2, -0.15) is 0 Å². The summed E-state index contributed by atoms with van der Waals surface area (Å²) in [7, 11) is -3.00. The molecule has 1 N–H and O–H groups in total. The minimum absolute atomic E-state index is 0.0202. The predicted molar refractivity (Wildman–Crippen MR) is 97.5 cm³/mol. The summed E-state index contributed by atoms with van der Waals surface area (Å²) in [4.78, 5) is 12.0. The van der Waals surface area contributed by atoms with Gasteiger partial charge in [0.2, 0.25) is 0 Å². The van der Waals surface area contributed by atoms with E-state index in [0.717, 1.165) is 17.4 Å². The van der Waals surface area contributed by atoms with Crippen molar-refractivity contribution in [3.63, 3.8) is 0 Å². The molecule has 136 valence electrons. The van der Waals surface area contributed by atoms with Crippen molar-refractivity contribution in [2.45, 2.75) is 32.9 Å². The van der Waals surface area contributed by atoms with Crippen LogP contribution in [0.3, 0.4) is 0 Å². The SMILES string of the molecule is CC(C)Cn1ccc2c(OCC(=O)NC3CCS(=O)(=O)C3)cccc21.